The number of rotatable bonds is 2. The lowest BCUT2D eigenvalue weighted by Gasteiger charge is -2.55. The van der Waals surface area contributed by atoms with Gasteiger partial charge < -0.3 is 14.7 Å². The molecule has 0 aliphatic carbocycles. The minimum atomic E-state index is -0.215. The molecule has 29 heavy (non-hydrogen) atoms. The van der Waals surface area contributed by atoms with Gasteiger partial charge in [-0.05, 0) is 31.0 Å². The van der Waals surface area contributed by atoms with E-state index < -0.39 is 0 Å². The zero-order valence-electron chi connectivity index (χ0n) is 16.6. The maximum absolute atomic E-state index is 13.1. The van der Waals surface area contributed by atoms with Crippen molar-refractivity contribution in [3.63, 3.8) is 0 Å². The first-order chi connectivity index (χ1) is 13.9. The van der Waals surface area contributed by atoms with E-state index in [4.69, 9.17) is 0 Å². The van der Waals surface area contributed by atoms with Gasteiger partial charge >= 0.3 is 0 Å². The van der Waals surface area contributed by atoms with E-state index in [9.17, 15) is 14.4 Å². The molecule has 152 valence electrons. The molecule has 4 heterocycles. The van der Waals surface area contributed by atoms with Gasteiger partial charge in [-0.2, -0.15) is 5.10 Å². The molecule has 0 saturated carbocycles. The van der Waals surface area contributed by atoms with Gasteiger partial charge in [0.1, 0.15) is 0 Å². The van der Waals surface area contributed by atoms with Gasteiger partial charge in [-0.3, -0.25) is 19.5 Å². The standard InChI is InChI=1S/C21H25N5O3/c1-24-10-16(8-18(24)27)20(29)26-12-21(13-26)5-2-6-25(11-21)19(28)14-3-4-17-15(7-14)9-22-23-17/h3-4,7,9,16H,2,5-6,8,10-13H2,1H3,(H,22,23). The summed E-state index contributed by atoms with van der Waals surface area (Å²) in [6, 6.07) is 5.61. The lowest BCUT2D eigenvalue weighted by Crippen LogP contribution is -2.65. The van der Waals surface area contributed by atoms with Crippen LogP contribution in [-0.2, 0) is 9.59 Å². The van der Waals surface area contributed by atoms with Crippen molar-refractivity contribution in [2.24, 2.45) is 11.3 Å². The summed E-state index contributed by atoms with van der Waals surface area (Å²) in [4.78, 5) is 43.0. The van der Waals surface area contributed by atoms with Crippen molar-refractivity contribution in [1.82, 2.24) is 24.9 Å². The first-order valence-electron chi connectivity index (χ1n) is 10.2. The number of nitrogens with one attached hydrogen (secondary N) is 1. The Labute approximate surface area is 168 Å². The van der Waals surface area contributed by atoms with Crippen LogP contribution in [0.5, 0.6) is 0 Å². The fraction of sp³-hybridized carbons (Fsp3) is 0.524. The van der Waals surface area contributed by atoms with E-state index in [1.165, 1.54) is 0 Å². The van der Waals surface area contributed by atoms with Crippen LogP contribution in [0.15, 0.2) is 24.4 Å². The van der Waals surface area contributed by atoms with Crippen LogP contribution in [0.2, 0.25) is 0 Å². The number of carbonyl (C=O) groups is 3. The Morgan fingerprint density at radius 1 is 1.21 bits per heavy atom. The van der Waals surface area contributed by atoms with Crippen LogP contribution in [0, 0.1) is 11.3 Å². The molecular weight excluding hydrogens is 370 g/mol. The van der Waals surface area contributed by atoms with Crippen molar-refractivity contribution >= 4 is 28.6 Å². The average Bonchev–Trinajstić information content (AvgIpc) is 3.30. The molecule has 3 aliphatic heterocycles. The van der Waals surface area contributed by atoms with E-state index in [1.54, 1.807) is 18.1 Å². The topological polar surface area (TPSA) is 89.6 Å². The maximum Gasteiger partial charge on any atom is 0.253 e. The Morgan fingerprint density at radius 3 is 2.76 bits per heavy atom. The van der Waals surface area contributed by atoms with Crippen LogP contribution in [0.4, 0.5) is 0 Å². The maximum atomic E-state index is 13.1. The molecule has 0 bridgehead atoms. The molecule has 1 atom stereocenters. The summed E-state index contributed by atoms with van der Waals surface area (Å²) < 4.78 is 0. The van der Waals surface area contributed by atoms with Crippen LogP contribution in [0.25, 0.3) is 10.9 Å². The van der Waals surface area contributed by atoms with Crippen LogP contribution < -0.4 is 0 Å². The van der Waals surface area contributed by atoms with Crippen molar-refractivity contribution in [1.29, 1.82) is 0 Å². The minimum Gasteiger partial charge on any atom is -0.345 e. The van der Waals surface area contributed by atoms with Crippen LogP contribution in [0.1, 0.15) is 29.6 Å². The second-order valence-corrected chi connectivity index (χ2v) is 8.87. The minimum absolute atomic E-state index is 0.00216. The highest BCUT2D eigenvalue weighted by Gasteiger charge is 2.50. The van der Waals surface area contributed by atoms with Crippen LogP contribution in [0.3, 0.4) is 0 Å². The van der Waals surface area contributed by atoms with Crippen molar-refractivity contribution < 1.29 is 14.4 Å². The Kier molecular flexibility index (Phi) is 4.11. The van der Waals surface area contributed by atoms with Gasteiger partial charge in [0.2, 0.25) is 11.8 Å². The highest BCUT2D eigenvalue weighted by Crippen LogP contribution is 2.40. The first-order valence-corrected chi connectivity index (χ1v) is 10.2. The first kappa shape index (κ1) is 18.1. The number of hydrogen-bond acceptors (Lipinski definition) is 4. The Balaban J connectivity index is 1.24. The number of fused-ring (bicyclic) bond motifs is 1. The van der Waals surface area contributed by atoms with Gasteiger partial charge in [-0.1, -0.05) is 0 Å². The molecule has 8 nitrogen and oxygen atoms in total. The second kappa shape index (κ2) is 6.57. The molecular formula is C21H25N5O3. The molecule has 3 saturated heterocycles. The third kappa shape index (κ3) is 3.07. The molecule has 5 rings (SSSR count). The van der Waals surface area contributed by atoms with Gasteiger partial charge in [-0.25, -0.2) is 0 Å². The van der Waals surface area contributed by atoms with Gasteiger partial charge in [-0.15, -0.1) is 0 Å². The molecule has 1 aromatic carbocycles. The number of H-pyrrole nitrogens is 1. The van der Waals surface area contributed by atoms with Crippen LogP contribution >= 0.6 is 0 Å². The number of amides is 3. The third-order valence-corrected chi connectivity index (χ3v) is 6.69. The predicted octanol–water partition coefficient (Wildman–Crippen LogP) is 1.11. The molecule has 1 spiro atoms. The number of nitrogens with zero attached hydrogens (tertiary/aromatic N) is 4. The number of aromatic nitrogens is 2. The van der Waals surface area contributed by atoms with E-state index >= 15 is 0 Å². The predicted molar refractivity (Wildman–Crippen MR) is 106 cm³/mol. The summed E-state index contributed by atoms with van der Waals surface area (Å²) in [7, 11) is 1.75. The number of likely N-dealkylation sites (tertiary alicyclic amines) is 3. The van der Waals surface area contributed by atoms with Crippen molar-refractivity contribution in [3.8, 4) is 0 Å². The van der Waals surface area contributed by atoms with Gasteiger partial charge in [0.25, 0.3) is 5.91 Å². The highest BCUT2D eigenvalue weighted by molar-refractivity contribution is 5.98. The molecule has 0 radical (unpaired) electrons. The number of hydrogen-bond donors (Lipinski definition) is 1. The van der Waals surface area contributed by atoms with Gasteiger partial charge in [0.05, 0.1) is 17.6 Å². The lowest BCUT2D eigenvalue weighted by atomic mass is 9.72. The Bertz CT molecular complexity index is 993. The zero-order valence-corrected chi connectivity index (χ0v) is 16.6. The molecule has 1 aromatic heterocycles. The summed E-state index contributed by atoms with van der Waals surface area (Å²) in [6.45, 7) is 3.32. The SMILES string of the molecule is CN1CC(C(=O)N2CC3(CCCN(C(=O)c4ccc5[nH]ncc5c4)C3)C2)CC1=O. The molecule has 1 unspecified atom stereocenters. The molecule has 3 amide bonds. The third-order valence-electron chi connectivity index (χ3n) is 6.69. The number of carbonyl (C=O) groups excluding carboxylic acids is 3. The monoisotopic (exact) mass is 395 g/mol. The summed E-state index contributed by atoms with van der Waals surface area (Å²) >= 11 is 0. The Morgan fingerprint density at radius 2 is 2.00 bits per heavy atom. The van der Waals surface area contributed by atoms with E-state index in [1.807, 2.05) is 28.0 Å². The van der Waals surface area contributed by atoms with E-state index in [0.717, 1.165) is 30.3 Å². The normalized spacial score (nSPS) is 23.7. The summed E-state index contributed by atoms with van der Waals surface area (Å²) in [5, 5.41) is 7.85. The zero-order chi connectivity index (χ0) is 20.2. The van der Waals surface area contributed by atoms with E-state index in [0.29, 0.717) is 38.2 Å². The van der Waals surface area contributed by atoms with Gasteiger partial charge in [0, 0.05) is 62.6 Å². The van der Waals surface area contributed by atoms with E-state index in [-0.39, 0.29) is 29.1 Å². The average molecular weight is 395 g/mol. The second-order valence-electron chi connectivity index (χ2n) is 8.87. The smallest absolute Gasteiger partial charge is 0.253 e. The fourth-order valence-electron chi connectivity index (χ4n) is 5.10. The molecule has 1 N–H and O–H groups in total. The van der Waals surface area contributed by atoms with Gasteiger partial charge in [0.15, 0.2) is 0 Å². The number of piperidine rings is 1. The summed E-state index contributed by atoms with van der Waals surface area (Å²) in [6.07, 6.45) is 4.03. The molecule has 3 aliphatic rings. The van der Waals surface area contributed by atoms with Crippen molar-refractivity contribution in [3.05, 3.63) is 30.0 Å². The largest absolute Gasteiger partial charge is 0.345 e. The molecule has 3 fully saturated rings. The summed E-state index contributed by atoms with van der Waals surface area (Å²) in [5.74, 6) is -0.0439. The van der Waals surface area contributed by atoms with Crippen molar-refractivity contribution in [2.45, 2.75) is 19.3 Å². The highest BCUT2D eigenvalue weighted by atomic mass is 16.2. The van der Waals surface area contributed by atoms with E-state index in [2.05, 4.69) is 10.2 Å². The Hall–Kier alpha value is -2.90. The summed E-state index contributed by atoms with van der Waals surface area (Å²) in [5.41, 5.74) is 1.59. The number of aromatic amines is 1. The van der Waals surface area contributed by atoms with Crippen molar-refractivity contribution in [2.75, 3.05) is 39.8 Å². The molecule has 8 heteroatoms. The lowest BCUT2D eigenvalue weighted by molar-refractivity contribution is -0.150. The number of benzene rings is 1. The molecule has 2 aromatic rings. The quantitative estimate of drug-likeness (QED) is 0.825. The van der Waals surface area contributed by atoms with Crippen LogP contribution in [-0.4, -0.2) is 82.4 Å². The fourth-order valence-corrected chi connectivity index (χ4v) is 5.10.